The fraction of sp³-hybridized carbons (Fsp3) is 0.100. The van der Waals surface area contributed by atoms with Crippen molar-refractivity contribution in [1.82, 2.24) is 14.5 Å². The Kier molecular flexibility index (Phi) is 2.64. The van der Waals surface area contributed by atoms with Gasteiger partial charge < -0.3 is 4.57 Å². The summed E-state index contributed by atoms with van der Waals surface area (Å²) in [7, 11) is 0. The van der Waals surface area contributed by atoms with Crippen molar-refractivity contribution in [3.05, 3.63) is 45.9 Å². The Balaban J connectivity index is 2.84. The first-order chi connectivity index (χ1) is 7.22. The Hall–Kier alpha value is -1.49. The zero-order chi connectivity index (χ0) is 10.8. The van der Waals surface area contributed by atoms with Gasteiger partial charge >= 0.3 is 0 Å². The van der Waals surface area contributed by atoms with Crippen LogP contribution in [0.2, 0.25) is 0 Å². The van der Waals surface area contributed by atoms with E-state index in [1.165, 1.54) is 6.20 Å². The van der Waals surface area contributed by atoms with Gasteiger partial charge in [-0.05, 0) is 22.0 Å². The lowest BCUT2D eigenvalue weighted by Crippen LogP contribution is -2.20. The molecule has 0 aliphatic rings. The standard InChI is InChI=1S/C10H8BrN3O/c1-2-3-14-8-4-7(11)5-12-10(8)13-6-9(14)15/h2,4-6H,1,3H2. The average molecular weight is 266 g/mol. The van der Waals surface area contributed by atoms with Crippen molar-refractivity contribution < 1.29 is 0 Å². The molecule has 2 aromatic rings. The summed E-state index contributed by atoms with van der Waals surface area (Å²) in [4.78, 5) is 19.6. The van der Waals surface area contributed by atoms with Gasteiger partial charge in [0.05, 0.1) is 11.7 Å². The van der Waals surface area contributed by atoms with E-state index >= 15 is 0 Å². The normalized spacial score (nSPS) is 10.5. The van der Waals surface area contributed by atoms with Crippen LogP contribution in [0, 0.1) is 0 Å². The number of fused-ring (bicyclic) bond motifs is 1. The van der Waals surface area contributed by atoms with Gasteiger partial charge in [-0.15, -0.1) is 6.58 Å². The molecule has 0 aromatic carbocycles. The number of halogens is 1. The maximum absolute atomic E-state index is 11.5. The zero-order valence-corrected chi connectivity index (χ0v) is 9.44. The minimum absolute atomic E-state index is 0.151. The Labute approximate surface area is 94.4 Å². The highest BCUT2D eigenvalue weighted by Gasteiger charge is 2.04. The van der Waals surface area contributed by atoms with Gasteiger partial charge in [0.25, 0.3) is 5.56 Å². The monoisotopic (exact) mass is 265 g/mol. The lowest BCUT2D eigenvalue weighted by atomic mass is 10.4. The van der Waals surface area contributed by atoms with E-state index in [1.54, 1.807) is 16.8 Å². The third-order valence-corrected chi connectivity index (χ3v) is 2.41. The van der Waals surface area contributed by atoms with Gasteiger partial charge in [-0.2, -0.15) is 0 Å². The molecule has 2 aromatic heterocycles. The van der Waals surface area contributed by atoms with Crippen LogP contribution in [0.3, 0.4) is 0 Å². The average Bonchev–Trinajstić information content (AvgIpc) is 2.23. The van der Waals surface area contributed by atoms with Crippen LogP contribution >= 0.6 is 15.9 Å². The van der Waals surface area contributed by atoms with Crippen molar-refractivity contribution in [2.75, 3.05) is 0 Å². The quantitative estimate of drug-likeness (QED) is 0.778. The largest absolute Gasteiger partial charge is 0.300 e. The molecule has 0 unspecified atom stereocenters. The van der Waals surface area contributed by atoms with E-state index in [1.807, 2.05) is 6.07 Å². The third-order valence-electron chi connectivity index (χ3n) is 1.98. The molecule has 0 aliphatic carbocycles. The van der Waals surface area contributed by atoms with Gasteiger partial charge in [-0.1, -0.05) is 6.08 Å². The van der Waals surface area contributed by atoms with Gasteiger partial charge in [-0.25, -0.2) is 9.97 Å². The number of hydrogen-bond donors (Lipinski definition) is 0. The fourth-order valence-electron chi connectivity index (χ4n) is 1.34. The van der Waals surface area contributed by atoms with Gasteiger partial charge in [0.2, 0.25) is 0 Å². The van der Waals surface area contributed by atoms with Crippen LogP contribution in [0.15, 0.2) is 40.4 Å². The highest BCUT2D eigenvalue weighted by atomic mass is 79.9. The van der Waals surface area contributed by atoms with Crippen LogP contribution in [-0.2, 0) is 6.54 Å². The summed E-state index contributed by atoms with van der Waals surface area (Å²) in [6.45, 7) is 4.07. The molecule has 0 spiro atoms. The molecule has 0 bridgehead atoms. The molecule has 15 heavy (non-hydrogen) atoms. The number of pyridine rings is 1. The van der Waals surface area contributed by atoms with Crippen molar-refractivity contribution in [3.63, 3.8) is 0 Å². The van der Waals surface area contributed by atoms with E-state index in [9.17, 15) is 4.79 Å². The smallest absolute Gasteiger partial charge is 0.269 e. The van der Waals surface area contributed by atoms with Gasteiger partial charge in [0.15, 0.2) is 5.65 Å². The van der Waals surface area contributed by atoms with Gasteiger partial charge in [0.1, 0.15) is 0 Å². The van der Waals surface area contributed by atoms with Crippen molar-refractivity contribution in [2.45, 2.75) is 6.54 Å². The molecule has 0 saturated carbocycles. The van der Waals surface area contributed by atoms with Crippen LogP contribution in [0.4, 0.5) is 0 Å². The molecule has 4 nitrogen and oxygen atoms in total. The second-order valence-electron chi connectivity index (χ2n) is 2.99. The van der Waals surface area contributed by atoms with Crippen molar-refractivity contribution >= 4 is 27.1 Å². The number of allylic oxidation sites excluding steroid dienone is 1. The Bertz CT molecular complexity index is 576. The molecule has 0 aliphatic heterocycles. The molecular weight excluding hydrogens is 258 g/mol. The number of nitrogens with zero attached hydrogens (tertiary/aromatic N) is 3. The lowest BCUT2D eigenvalue weighted by Gasteiger charge is -2.05. The molecule has 0 fully saturated rings. The predicted octanol–water partition coefficient (Wildman–Crippen LogP) is 1.74. The van der Waals surface area contributed by atoms with E-state index in [4.69, 9.17) is 0 Å². The number of aromatic nitrogens is 3. The lowest BCUT2D eigenvalue weighted by molar-refractivity contribution is 0.806. The molecule has 0 N–H and O–H groups in total. The summed E-state index contributed by atoms with van der Waals surface area (Å²) in [6.07, 6.45) is 4.59. The summed E-state index contributed by atoms with van der Waals surface area (Å²) in [5.41, 5.74) is 1.11. The predicted molar refractivity (Wildman–Crippen MR) is 61.7 cm³/mol. The first-order valence-electron chi connectivity index (χ1n) is 4.34. The van der Waals surface area contributed by atoms with E-state index in [2.05, 4.69) is 32.5 Å². The van der Waals surface area contributed by atoms with Gasteiger partial charge in [-0.3, -0.25) is 4.79 Å². The van der Waals surface area contributed by atoms with Gasteiger partial charge in [0, 0.05) is 17.2 Å². The topological polar surface area (TPSA) is 47.8 Å². The second-order valence-corrected chi connectivity index (χ2v) is 3.91. The molecule has 76 valence electrons. The Morgan fingerprint density at radius 2 is 2.20 bits per heavy atom. The summed E-state index contributed by atoms with van der Waals surface area (Å²) in [6, 6.07) is 1.82. The first kappa shape index (κ1) is 10.0. The summed E-state index contributed by atoms with van der Waals surface area (Å²) in [5, 5.41) is 0. The van der Waals surface area contributed by atoms with E-state index in [-0.39, 0.29) is 5.56 Å². The SMILES string of the molecule is C=CCn1c(=O)cnc2ncc(Br)cc21. The summed E-state index contributed by atoms with van der Waals surface area (Å²) < 4.78 is 2.40. The van der Waals surface area contributed by atoms with Crippen LogP contribution in [0.1, 0.15) is 0 Å². The zero-order valence-electron chi connectivity index (χ0n) is 7.85. The molecule has 0 amide bonds. The Morgan fingerprint density at radius 3 is 2.93 bits per heavy atom. The molecule has 2 heterocycles. The summed E-state index contributed by atoms with van der Waals surface area (Å²) in [5.74, 6) is 0. The molecule has 5 heteroatoms. The van der Waals surface area contributed by atoms with Crippen LogP contribution < -0.4 is 5.56 Å². The molecular formula is C10H8BrN3O. The Morgan fingerprint density at radius 1 is 1.47 bits per heavy atom. The van der Waals surface area contributed by atoms with Crippen molar-refractivity contribution in [3.8, 4) is 0 Å². The highest BCUT2D eigenvalue weighted by molar-refractivity contribution is 9.10. The molecule has 0 radical (unpaired) electrons. The van der Waals surface area contributed by atoms with E-state index in [0.29, 0.717) is 17.7 Å². The number of rotatable bonds is 2. The maximum atomic E-state index is 11.5. The van der Waals surface area contributed by atoms with Crippen LogP contribution in [0.5, 0.6) is 0 Å². The highest BCUT2D eigenvalue weighted by Crippen LogP contribution is 2.13. The molecule has 2 rings (SSSR count). The van der Waals surface area contributed by atoms with Crippen LogP contribution in [-0.4, -0.2) is 14.5 Å². The number of hydrogen-bond acceptors (Lipinski definition) is 3. The van der Waals surface area contributed by atoms with Crippen molar-refractivity contribution in [1.29, 1.82) is 0 Å². The third kappa shape index (κ3) is 1.83. The second kappa shape index (κ2) is 3.94. The van der Waals surface area contributed by atoms with Crippen molar-refractivity contribution in [2.24, 2.45) is 0 Å². The maximum Gasteiger partial charge on any atom is 0.269 e. The minimum atomic E-state index is -0.151. The van der Waals surface area contributed by atoms with Crippen LogP contribution in [0.25, 0.3) is 11.2 Å². The molecule has 0 atom stereocenters. The fourth-order valence-corrected chi connectivity index (χ4v) is 1.66. The molecule has 0 saturated heterocycles. The first-order valence-corrected chi connectivity index (χ1v) is 5.13. The minimum Gasteiger partial charge on any atom is -0.300 e. The summed E-state index contributed by atoms with van der Waals surface area (Å²) >= 11 is 3.31. The van der Waals surface area contributed by atoms with E-state index in [0.717, 1.165) is 4.47 Å². The van der Waals surface area contributed by atoms with E-state index < -0.39 is 0 Å².